The Morgan fingerprint density at radius 2 is 2.05 bits per heavy atom. The van der Waals surface area contributed by atoms with Crippen LogP contribution in [0.2, 0.25) is 0 Å². The van der Waals surface area contributed by atoms with Gasteiger partial charge in [-0.1, -0.05) is 31.0 Å². The molecule has 0 aromatic heterocycles. The van der Waals surface area contributed by atoms with Crippen molar-refractivity contribution in [3.05, 3.63) is 27.6 Å². The van der Waals surface area contributed by atoms with Gasteiger partial charge in [-0.2, -0.15) is 0 Å². The number of hydrogen-bond acceptors (Lipinski definition) is 3. The van der Waals surface area contributed by atoms with Crippen molar-refractivity contribution < 1.29 is 4.39 Å². The summed E-state index contributed by atoms with van der Waals surface area (Å²) in [6.07, 6.45) is 6.37. The second-order valence-corrected chi connectivity index (χ2v) is 7.37. The standard InChI is InChI=1S/C14H16FIN2S/c15-10-4-5-12(11(16)8-10)17-13-18-14(9-19-13)6-2-1-3-7-14/h4-5,8H,1-3,6-7,9H2,(H,17,18). The van der Waals surface area contributed by atoms with Gasteiger partial charge < -0.3 is 5.32 Å². The van der Waals surface area contributed by atoms with E-state index in [0.29, 0.717) is 0 Å². The van der Waals surface area contributed by atoms with E-state index in [-0.39, 0.29) is 11.4 Å². The number of thioether (sulfide) groups is 1. The highest BCUT2D eigenvalue weighted by Crippen LogP contribution is 2.40. The largest absolute Gasteiger partial charge is 0.334 e. The SMILES string of the molecule is Fc1ccc(NC2=NC3(CCCCC3)CS2)c(I)c1. The zero-order chi connectivity index (χ0) is 13.3. The van der Waals surface area contributed by atoms with Crippen LogP contribution in [0.4, 0.5) is 10.1 Å². The van der Waals surface area contributed by atoms with Gasteiger partial charge in [0.05, 0.1) is 11.2 Å². The maximum absolute atomic E-state index is 13.1. The van der Waals surface area contributed by atoms with Gasteiger partial charge in [-0.05, 0) is 53.6 Å². The van der Waals surface area contributed by atoms with E-state index in [1.165, 1.54) is 38.2 Å². The van der Waals surface area contributed by atoms with Gasteiger partial charge in [0.15, 0.2) is 5.17 Å². The summed E-state index contributed by atoms with van der Waals surface area (Å²) in [5.41, 5.74) is 1.12. The molecule has 1 spiro atoms. The lowest BCUT2D eigenvalue weighted by atomic mass is 9.84. The molecule has 1 aliphatic carbocycles. The van der Waals surface area contributed by atoms with Gasteiger partial charge in [-0.25, -0.2) is 4.39 Å². The summed E-state index contributed by atoms with van der Waals surface area (Å²) in [5.74, 6) is 0.896. The third-order valence-electron chi connectivity index (χ3n) is 3.77. The first-order valence-electron chi connectivity index (χ1n) is 6.62. The van der Waals surface area contributed by atoms with E-state index in [2.05, 4.69) is 27.9 Å². The van der Waals surface area contributed by atoms with Crippen LogP contribution < -0.4 is 5.32 Å². The van der Waals surface area contributed by atoms with E-state index in [1.54, 1.807) is 23.9 Å². The lowest BCUT2D eigenvalue weighted by molar-refractivity contribution is 0.335. The summed E-state index contributed by atoms with van der Waals surface area (Å²) < 4.78 is 14.0. The minimum Gasteiger partial charge on any atom is -0.334 e. The monoisotopic (exact) mass is 390 g/mol. The molecule has 1 N–H and O–H groups in total. The van der Waals surface area contributed by atoms with Crippen molar-refractivity contribution in [1.29, 1.82) is 0 Å². The molecule has 1 aromatic carbocycles. The average Bonchev–Trinajstić information content (AvgIpc) is 2.77. The van der Waals surface area contributed by atoms with E-state index < -0.39 is 0 Å². The van der Waals surface area contributed by atoms with Gasteiger partial charge in [0, 0.05) is 9.32 Å². The number of hydrogen-bond donors (Lipinski definition) is 1. The predicted molar refractivity (Wildman–Crippen MR) is 88.4 cm³/mol. The van der Waals surface area contributed by atoms with Gasteiger partial charge in [0.2, 0.25) is 0 Å². The Kier molecular flexibility index (Phi) is 4.03. The fourth-order valence-corrected chi connectivity index (χ4v) is 4.53. The molecule has 1 saturated carbocycles. The predicted octanol–water partition coefficient (Wildman–Crippen LogP) is 4.65. The molecule has 0 amide bonds. The quantitative estimate of drug-likeness (QED) is 0.707. The molecule has 19 heavy (non-hydrogen) atoms. The molecule has 0 unspecified atom stereocenters. The molecule has 102 valence electrons. The van der Waals surface area contributed by atoms with Crippen LogP contribution in [0.1, 0.15) is 32.1 Å². The summed E-state index contributed by atoms with van der Waals surface area (Å²) in [6.45, 7) is 0. The highest BCUT2D eigenvalue weighted by Gasteiger charge is 2.36. The van der Waals surface area contributed by atoms with Crippen molar-refractivity contribution in [2.45, 2.75) is 37.6 Å². The van der Waals surface area contributed by atoms with Crippen molar-refractivity contribution in [2.24, 2.45) is 4.99 Å². The van der Waals surface area contributed by atoms with Crippen LogP contribution in [-0.4, -0.2) is 16.5 Å². The molecule has 1 aliphatic heterocycles. The van der Waals surface area contributed by atoms with Crippen molar-refractivity contribution in [3.8, 4) is 0 Å². The van der Waals surface area contributed by atoms with Crippen molar-refractivity contribution in [1.82, 2.24) is 0 Å². The molecule has 3 rings (SSSR count). The van der Waals surface area contributed by atoms with Crippen LogP contribution in [0.25, 0.3) is 0 Å². The van der Waals surface area contributed by atoms with E-state index in [4.69, 9.17) is 4.99 Å². The van der Waals surface area contributed by atoms with E-state index >= 15 is 0 Å². The number of nitrogens with zero attached hydrogens (tertiary/aromatic N) is 1. The fraction of sp³-hybridized carbons (Fsp3) is 0.500. The highest BCUT2D eigenvalue weighted by molar-refractivity contribution is 14.1. The summed E-state index contributed by atoms with van der Waals surface area (Å²) in [5, 5.41) is 4.34. The van der Waals surface area contributed by atoms with Crippen LogP contribution in [0, 0.1) is 9.39 Å². The molecular formula is C14H16FIN2S. The Labute approximate surface area is 130 Å². The van der Waals surface area contributed by atoms with Crippen molar-refractivity contribution in [2.75, 3.05) is 11.1 Å². The normalized spacial score (nSPS) is 21.5. The molecule has 2 aliphatic rings. The average molecular weight is 390 g/mol. The van der Waals surface area contributed by atoms with Gasteiger partial charge in [0.25, 0.3) is 0 Å². The maximum Gasteiger partial charge on any atom is 0.161 e. The molecule has 0 bridgehead atoms. The number of amidine groups is 1. The van der Waals surface area contributed by atoms with Gasteiger partial charge in [-0.3, -0.25) is 4.99 Å². The number of rotatable bonds is 1. The van der Waals surface area contributed by atoms with E-state index in [1.807, 2.05) is 0 Å². The van der Waals surface area contributed by atoms with Crippen LogP contribution in [0.3, 0.4) is 0 Å². The summed E-state index contributed by atoms with van der Waals surface area (Å²) >= 11 is 3.95. The summed E-state index contributed by atoms with van der Waals surface area (Å²) in [7, 11) is 0. The van der Waals surface area contributed by atoms with Gasteiger partial charge >= 0.3 is 0 Å². The topological polar surface area (TPSA) is 24.4 Å². The second kappa shape index (κ2) is 5.60. The lowest BCUT2D eigenvalue weighted by Crippen LogP contribution is -2.29. The zero-order valence-corrected chi connectivity index (χ0v) is 13.6. The molecule has 0 saturated heterocycles. The third kappa shape index (κ3) is 3.07. The highest BCUT2D eigenvalue weighted by atomic mass is 127. The van der Waals surface area contributed by atoms with Crippen LogP contribution in [-0.2, 0) is 0 Å². The first kappa shape index (κ1) is 13.7. The van der Waals surface area contributed by atoms with Gasteiger partial charge in [0.1, 0.15) is 5.82 Å². The van der Waals surface area contributed by atoms with Crippen LogP contribution in [0.15, 0.2) is 23.2 Å². The molecular weight excluding hydrogens is 374 g/mol. The molecule has 1 aromatic rings. The number of aliphatic imine (C=N–C) groups is 1. The Balaban J connectivity index is 1.75. The first-order chi connectivity index (χ1) is 9.17. The first-order valence-corrected chi connectivity index (χ1v) is 8.68. The molecule has 5 heteroatoms. The summed E-state index contributed by atoms with van der Waals surface area (Å²) in [4.78, 5) is 4.91. The van der Waals surface area contributed by atoms with E-state index in [9.17, 15) is 4.39 Å². The number of nitrogens with one attached hydrogen (secondary N) is 1. The van der Waals surface area contributed by atoms with E-state index in [0.717, 1.165) is 20.2 Å². The third-order valence-corrected chi connectivity index (χ3v) is 5.81. The number of anilines is 1. The number of benzene rings is 1. The Bertz CT molecular complexity index is 512. The Hall–Kier alpha value is -0.300. The van der Waals surface area contributed by atoms with Gasteiger partial charge in [-0.15, -0.1) is 0 Å². The lowest BCUT2D eigenvalue weighted by Gasteiger charge is -2.29. The minimum atomic E-state index is -0.195. The number of halogens is 2. The molecule has 0 atom stereocenters. The molecule has 0 radical (unpaired) electrons. The summed E-state index contributed by atoms with van der Waals surface area (Å²) in [6, 6.07) is 4.81. The van der Waals surface area contributed by atoms with Crippen LogP contribution in [0.5, 0.6) is 0 Å². The van der Waals surface area contributed by atoms with Crippen LogP contribution >= 0.6 is 34.4 Å². The Morgan fingerprint density at radius 1 is 1.26 bits per heavy atom. The smallest absolute Gasteiger partial charge is 0.161 e. The molecule has 2 nitrogen and oxygen atoms in total. The van der Waals surface area contributed by atoms with Crippen molar-refractivity contribution in [3.63, 3.8) is 0 Å². The zero-order valence-electron chi connectivity index (χ0n) is 10.6. The minimum absolute atomic E-state index is 0.177. The molecule has 1 fully saturated rings. The fourth-order valence-electron chi connectivity index (χ4n) is 2.72. The molecule has 1 heterocycles. The van der Waals surface area contributed by atoms with Crippen molar-refractivity contribution >= 4 is 45.2 Å². The maximum atomic E-state index is 13.1. The second-order valence-electron chi connectivity index (χ2n) is 5.24. The Morgan fingerprint density at radius 3 is 2.79 bits per heavy atom.